The largest absolute Gasteiger partial charge is 0.332 e. The highest BCUT2D eigenvalue weighted by molar-refractivity contribution is 5.76. The van der Waals surface area contributed by atoms with E-state index in [1.165, 1.54) is 5.56 Å². The molecule has 2 heterocycles. The van der Waals surface area contributed by atoms with Crippen LogP contribution in [0.25, 0.3) is 11.0 Å². The van der Waals surface area contributed by atoms with Crippen molar-refractivity contribution in [2.45, 2.75) is 19.5 Å². The first-order valence-electron chi connectivity index (χ1n) is 8.18. The Kier molecular flexibility index (Phi) is 5.08. The standard InChI is InChI=1S/C18H24N6/c1-23(2)13-14-4-6-16(7-5-14)21-18-20-12-15-8-11-24(10-3-9-19)17(15)22-18/h4-8,11-12H,3,9-10,13,19H2,1-2H3,(H,20,21,22). The molecule has 0 atom stereocenters. The number of aryl methyl sites for hydroxylation is 1. The normalized spacial score (nSPS) is 11.3. The van der Waals surface area contributed by atoms with Crippen LogP contribution in [-0.4, -0.2) is 40.1 Å². The van der Waals surface area contributed by atoms with Gasteiger partial charge in [0.2, 0.25) is 5.95 Å². The van der Waals surface area contributed by atoms with Crippen molar-refractivity contribution >= 4 is 22.7 Å². The highest BCUT2D eigenvalue weighted by Crippen LogP contribution is 2.18. The number of nitrogens with zero attached hydrogens (tertiary/aromatic N) is 4. The van der Waals surface area contributed by atoms with Gasteiger partial charge in [-0.05, 0) is 50.8 Å². The summed E-state index contributed by atoms with van der Waals surface area (Å²) in [4.78, 5) is 11.2. The van der Waals surface area contributed by atoms with Gasteiger partial charge in [0, 0.05) is 36.6 Å². The average Bonchev–Trinajstić information content (AvgIpc) is 2.97. The van der Waals surface area contributed by atoms with Crippen molar-refractivity contribution in [2.75, 3.05) is 26.0 Å². The van der Waals surface area contributed by atoms with Crippen molar-refractivity contribution in [3.05, 3.63) is 48.3 Å². The molecule has 1 aromatic carbocycles. The Morgan fingerprint density at radius 1 is 1.17 bits per heavy atom. The van der Waals surface area contributed by atoms with Crippen molar-refractivity contribution in [2.24, 2.45) is 5.73 Å². The number of fused-ring (bicyclic) bond motifs is 1. The van der Waals surface area contributed by atoms with Gasteiger partial charge < -0.3 is 20.5 Å². The molecule has 0 radical (unpaired) electrons. The summed E-state index contributed by atoms with van der Waals surface area (Å²) in [6.07, 6.45) is 4.82. The number of rotatable bonds is 7. The van der Waals surface area contributed by atoms with Gasteiger partial charge in [0.15, 0.2) is 0 Å². The lowest BCUT2D eigenvalue weighted by Gasteiger charge is -2.11. The molecule has 0 saturated carbocycles. The van der Waals surface area contributed by atoms with Crippen LogP contribution in [0.3, 0.4) is 0 Å². The summed E-state index contributed by atoms with van der Waals surface area (Å²) in [6, 6.07) is 10.4. The zero-order valence-corrected chi connectivity index (χ0v) is 14.2. The van der Waals surface area contributed by atoms with Crippen LogP contribution in [0.5, 0.6) is 0 Å². The molecule has 6 nitrogen and oxygen atoms in total. The van der Waals surface area contributed by atoms with Crippen molar-refractivity contribution in [1.29, 1.82) is 0 Å². The third-order valence-corrected chi connectivity index (χ3v) is 3.81. The summed E-state index contributed by atoms with van der Waals surface area (Å²) >= 11 is 0. The molecule has 2 aromatic heterocycles. The second kappa shape index (κ2) is 7.42. The summed E-state index contributed by atoms with van der Waals surface area (Å²) in [5.41, 5.74) is 8.80. The van der Waals surface area contributed by atoms with E-state index in [0.29, 0.717) is 12.5 Å². The van der Waals surface area contributed by atoms with E-state index in [-0.39, 0.29) is 0 Å². The topological polar surface area (TPSA) is 72.0 Å². The first kappa shape index (κ1) is 16.4. The molecule has 3 aromatic rings. The van der Waals surface area contributed by atoms with Gasteiger partial charge in [0.05, 0.1) is 0 Å². The molecule has 0 amide bonds. The molecule has 0 aliphatic heterocycles. The first-order valence-corrected chi connectivity index (χ1v) is 8.18. The first-order chi connectivity index (χ1) is 11.7. The van der Waals surface area contributed by atoms with E-state index in [1.54, 1.807) is 0 Å². The summed E-state index contributed by atoms with van der Waals surface area (Å²) in [5, 5.41) is 4.32. The van der Waals surface area contributed by atoms with Gasteiger partial charge in [-0.3, -0.25) is 0 Å². The molecule has 24 heavy (non-hydrogen) atoms. The molecule has 0 spiro atoms. The Balaban J connectivity index is 1.77. The minimum Gasteiger partial charge on any atom is -0.332 e. The molecule has 3 N–H and O–H groups in total. The predicted molar refractivity (Wildman–Crippen MR) is 98.3 cm³/mol. The van der Waals surface area contributed by atoms with Crippen molar-refractivity contribution in [3.8, 4) is 0 Å². The number of anilines is 2. The Morgan fingerprint density at radius 3 is 2.67 bits per heavy atom. The lowest BCUT2D eigenvalue weighted by Crippen LogP contribution is -2.10. The van der Waals surface area contributed by atoms with E-state index in [4.69, 9.17) is 5.73 Å². The number of hydrogen-bond acceptors (Lipinski definition) is 5. The van der Waals surface area contributed by atoms with E-state index in [2.05, 4.69) is 63.1 Å². The fraction of sp³-hybridized carbons (Fsp3) is 0.333. The van der Waals surface area contributed by atoms with Crippen molar-refractivity contribution in [1.82, 2.24) is 19.4 Å². The maximum Gasteiger partial charge on any atom is 0.229 e. The second-order valence-electron chi connectivity index (χ2n) is 6.18. The zero-order chi connectivity index (χ0) is 16.9. The number of aromatic nitrogens is 3. The SMILES string of the molecule is CN(C)Cc1ccc(Nc2ncc3ccn(CCCN)c3n2)cc1. The number of hydrogen-bond donors (Lipinski definition) is 2. The summed E-state index contributed by atoms with van der Waals surface area (Å²) in [7, 11) is 4.13. The van der Waals surface area contributed by atoms with Crippen LogP contribution in [0.1, 0.15) is 12.0 Å². The van der Waals surface area contributed by atoms with E-state index in [1.807, 2.05) is 18.5 Å². The molecule has 3 rings (SSSR count). The summed E-state index contributed by atoms with van der Waals surface area (Å²) in [6.45, 7) is 2.47. The summed E-state index contributed by atoms with van der Waals surface area (Å²) < 4.78 is 2.12. The predicted octanol–water partition coefficient (Wildman–Crippen LogP) is 2.59. The zero-order valence-electron chi connectivity index (χ0n) is 14.2. The fourth-order valence-corrected chi connectivity index (χ4v) is 2.66. The van der Waals surface area contributed by atoms with Gasteiger partial charge in [-0.1, -0.05) is 12.1 Å². The van der Waals surface area contributed by atoms with Crippen LogP contribution in [0.4, 0.5) is 11.6 Å². The molecule has 0 aliphatic carbocycles. The monoisotopic (exact) mass is 324 g/mol. The Morgan fingerprint density at radius 2 is 1.96 bits per heavy atom. The van der Waals surface area contributed by atoms with E-state index in [0.717, 1.165) is 36.2 Å². The van der Waals surface area contributed by atoms with Crippen LogP contribution < -0.4 is 11.1 Å². The number of benzene rings is 1. The van der Waals surface area contributed by atoms with Gasteiger partial charge in [-0.15, -0.1) is 0 Å². The molecule has 0 fully saturated rings. The van der Waals surface area contributed by atoms with Crippen LogP contribution >= 0.6 is 0 Å². The minimum atomic E-state index is 0.607. The quantitative estimate of drug-likeness (QED) is 0.699. The third-order valence-electron chi connectivity index (χ3n) is 3.81. The van der Waals surface area contributed by atoms with E-state index in [9.17, 15) is 0 Å². The van der Waals surface area contributed by atoms with Gasteiger partial charge in [0.1, 0.15) is 5.65 Å². The lowest BCUT2D eigenvalue weighted by atomic mass is 10.2. The maximum atomic E-state index is 5.60. The number of nitrogens with two attached hydrogens (primary N) is 1. The van der Waals surface area contributed by atoms with Gasteiger partial charge >= 0.3 is 0 Å². The van der Waals surface area contributed by atoms with Crippen LogP contribution in [-0.2, 0) is 13.1 Å². The fourth-order valence-electron chi connectivity index (χ4n) is 2.66. The second-order valence-corrected chi connectivity index (χ2v) is 6.18. The summed E-state index contributed by atoms with van der Waals surface area (Å²) in [5.74, 6) is 0.607. The molecule has 6 heteroatoms. The average molecular weight is 324 g/mol. The van der Waals surface area contributed by atoms with Crippen LogP contribution in [0.2, 0.25) is 0 Å². The highest BCUT2D eigenvalue weighted by atomic mass is 15.1. The highest BCUT2D eigenvalue weighted by Gasteiger charge is 2.06. The van der Waals surface area contributed by atoms with Gasteiger partial charge in [-0.25, -0.2) is 4.98 Å². The minimum absolute atomic E-state index is 0.607. The smallest absolute Gasteiger partial charge is 0.229 e. The maximum absolute atomic E-state index is 5.60. The molecule has 0 unspecified atom stereocenters. The molecule has 0 saturated heterocycles. The van der Waals surface area contributed by atoms with Gasteiger partial charge in [0.25, 0.3) is 0 Å². The molecule has 0 bridgehead atoms. The van der Waals surface area contributed by atoms with Crippen molar-refractivity contribution < 1.29 is 0 Å². The van der Waals surface area contributed by atoms with Crippen LogP contribution in [0, 0.1) is 0 Å². The van der Waals surface area contributed by atoms with E-state index < -0.39 is 0 Å². The lowest BCUT2D eigenvalue weighted by molar-refractivity contribution is 0.402. The Hall–Kier alpha value is -2.44. The van der Waals surface area contributed by atoms with E-state index >= 15 is 0 Å². The molecule has 126 valence electrons. The van der Waals surface area contributed by atoms with Gasteiger partial charge in [-0.2, -0.15) is 4.98 Å². The van der Waals surface area contributed by atoms with Crippen molar-refractivity contribution in [3.63, 3.8) is 0 Å². The molecular weight excluding hydrogens is 300 g/mol. The van der Waals surface area contributed by atoms with Crippen LogP contribution in [0.15, 0.2) is 42.7 Å². The third kappa shape index (κ3) is 3.90. The molecule has 0 aliphatic rings. The Labute approximate surface area is 142 Å². The number of nitrogens with one attached hydrogen (secondary N) is 1. The molecular formula is C18H24N6. The Bertz CT molecular complexity index is 791.